The van der Waals surface area contributed by atoms with Crippen molar-refractivity contribution in [2.45, 2.75) is 20.8 Å². The van der Waals surface area contributed by atoms with Gasteiger partial charge in [0.15, 0.2) is 16.6 Å². The number of thiocarbonyl (C=S) groups is 1. The summed E-state index contributed by atoms with van der Waals surface area (Å²) in [6.07, 6.45) is 1.63. The Balaban J connectivity index is 2.26. The number of rotatable bonds is 3. The van der Waals surface area contributed by atoms with Crippen molar-refractivity contribution < 1.29 is 19.1 Å². The van der Waals surface area contributed by atoms with E-state index in [0.717, 1.165) is 0 Å². The van der Waals surface area contributed by atoms with Crippen LogP contribution in [0.25, 0.3) is 6.08 Å². The summed E-state index contributed by atoms with van der Waals surface area (Å²) < 4.78 is 10.6. The highest BCUT2D eigenvalue weighted by atomic mass is 32.1. The molecule has 0 radical (unpaired) electrons. The van der Waals surface area contributed by atoms with Crippen LogP contribution in [0.1, 0.15) is 26.3 Å². The van der Waals surface area contributed by atoms with E-state index in [0.29, 0.717) is 22.8 Å². The molecule has 122 valence electrons. The van der Waals surface area contributed by atoms with Crippen molar-refractivity contribution >= 4 is 35.3 Å². The zero-order valence-electron chi connectivity index (χ0n) is 13.4. The van der Waals surface area contributed by atoms with Gasteiger partial charge in [0, 0.05) is 0 Å². The highest BCUT2D eigenvalue weighted by molar-refractivity contribution is 7.80. The molecule has 0 aliphatic carbocycles. The van der Waals surface area contributed by atoms with E-state index in [1.807, 2.05) is 0 Å². The lowest BCUT2D eigenvalue weighted by atomic mass is 9.97. The Kier molecular flexibility index (Phi) is 4.70. The standard InChI is InChI=1S/C16H18N2O4S/c1-16(2,3)14(20)22-11-6-5-9(8-12(11)21-4)7-10-13(19)18-15(23)17-10/h5-8H,1-4H3,(H2,17,18,19,23)/b10-7-. The Hall–Kier alpha value is -2.41. The van der Waals surface area contributed by atoms with Crippen LogP contribution in [0.3, 0.4) is 0 Å². The van der Waals surface area contributed by atoms with Crippen LogP contribution >= 0.6 is 12.2 Å². The maximum absolute atomic E-state index is 12.0. The second-order valence-electron chi connectivity index (χ2n) is 6.02. The summed E-state index contributed by atoms with van der Waals surface area (Å²) >= 11 is 4.87. The van der Waals surface area contributed by atoms with E-state index in [1.165, 1.54) is 7.11 Å². The molecule has 2 rings (SSSR count). The topological polar surface area (TPSA) is 76.7 Å². The summed E-state index contributed by atoms with van der Waals surface area (Å²) in [5, 5.41) is 5.51. The van der Waals surface area contributed by atoms with E-state index in [1.54, 1.807) is 45.0 Å². The zero-order valence-corrected chi connectivity index (χ0v) is 14.2. The van der Waals surface area contributed by atoms with Crippen LogP contribution in [0.2, 0.25) is 0 Å². The van der Waals surface area contributed by atoms with Crippen molar-refractivity contribution in [1.29, 1.82) is 0 Å². The van der Waals surface area contributed by atoms with Crippen LogP contribution in [0, 0.1) is 5.41 Å². The molecule has 1 heterocycles. The molecule has 1 aromatic carbocycles. The SMILES string of the molecule is COc1cc(/C=C2\NC(=S)NC2=O)ccc1OC(=O)C(C)(C)C. The van der Waals surface area contributed by atoms with Gasteiger partial charge in [-0.05, 0) is 56.8 Å². The molecule has 2 N–H and O–H groups in total. The van der Waals surface area contributed by atoms with Gasteiger partial charge in [0.25, 0.3) is 5.91 Å². The van der Waals surface area contributed by atoms with E-state index in [2.05, 4.69) is 10.6 Å². The van der Waals surface area contributed by atoms with Crippen molar-refractivity contribution in [3.63, 3.8) is 0 Å². The lowest BCUT2D eigenvalue weighted by Gasteiger charge is -2.17. The Bertz CT molecular complexity index is 705. The second-order valence-corrected chi connectivity index (χ2v) is 6.42. The number of ether oxygens (including phenoxy) is 2. The molecule has 0 saturated carbocycles. The molecular formula is C16H18N2O4S. The Morgan fingerprint density at radius 1 is 1.22 bits per heavy atom. The lowest BCUT2D eigenvalue weighted by molar-refractivity contribution is -0.143. The van der Waals surface area contributed by atoms with E-state index in [9.17, 15) is 9.59 Å². The minimum atomic E-state index is -0.618. The first-order valence-corrected chi connectivity index (χ1v) is 7.36. The third-order valence-corrected chi connectivity index (χ3v) is 3.24. The van der Waals surface area contributed by atoms with Gasteiger partial charge in [-0.25, -0.2) is 0 Å². The fourth-order valence-corrected chi connectivity index (χ4v) is 1.96. The number of amides is 1. The van der Waals surface area contributed by atoms with Gasteiger partial charge >= 0.3 is 5.97 Å². The van der Waals surface area contributed by atoms with E-state index < -0.39 is 5.41 Å². The molecule has 1 amide bonds. The molecule has 0 aromatic heterocycles. The smallest absolute Gasteiger partial charge is 0.316 e. The van der Waals surface area contributed by atoms with Crippen LogP contribution in [-0.2, 0) is 9.59 Å². The molecule has 1 aromatic rings. The first-order chi connectivity index (χ1) is 10.7. The number of esters is 1. The Morgan fingerprint density at radius 2 is 1.91 bits per heavy atom. The highest BCUT2D eigenvalue weighted by Gasteiger charge is 2.25. The predicted octanol–water partition coefficient (Wildman–Crippen LogP) is 1.99. The van der Waals surface area contributed by atoms with E-state index >= 15 is 0 Å². The molecule has 1 fully saturated rings. The molecule has 1 aliphatic rings. The lowest BCUT2D eigenvalue weighted by Crippen LogP contribution is -2.25. The highest BCUT2D eigenvalue weighted by Crippen LogP contribution is 2.31. The van der Waals surface area contributed by atoms with Gasteiger partial charge in [0.05, 0.1) is 12.5 Å². The zero-order chi connectivity index (χ0) is 17.2. The number of nitrogens with one attached hydrogen (secondary N) is 2. The summed E-state index contributed by atoms with van der Waals surface area (Å²) in [7, 11) is 1.48. The van der Waals surface area contributed by atoms with Crippen molar-refractivity contribution in [3.05, 3.63) is 29.5 Å². The van der Waals surface area contributed by atoms with Crippen molar-refractivity contribution in [3.8, 4) is 11.5 Å². The molecule has 0 spiro atoms. The summed E-state index contributed by atoms with van der Waals surface area (Å²) in [4.78, 5) is 23.6. The summed E-state index contributed by atoms with van der Waals surface area (Å²) in [5.41, 5.74) is 0.434. The number of benzene rings is 1. The van der Waals surface area contributed by atoms with Crippen LogP contribution in [0.5, 0.6) is 11.5 Å². The maximum Gasteiger partial charge on any atom is 0.316 e. The molecule has 0 atom stereocenters. The van der Waals surface area contributed by atoms with Gasteiger partial charge in [-0.1, -0.05) is 6.07 Å². The quantitative estimate of drug-likeness (QED) is 0.381. The minimum Gasteiger partial charge on any atom is -0.493 e. The van der Waals surface area contributed by atoms with Gasteiger partial charge in [0.1, 0.15) is 5.70 Å². The molecule has 6 nitrogen and oxygen atoms in total. The molecule has 1 saturated heterocycles. The van der Waals surface area contributed by atoms with Gasteiger partial charge in [-0.2, -0.15) is 0 Å². The van der Waals surface area contributed by atoms with Crippen molar-refractivity contribution in [2.24, 2.45) is 5.41 Å². The third-order valence-electron chi connectivity index (χ3n) is 3.03. The van der Waals surface area contributed by atoms with Crippen molar-refractivity contribution in [1.82, 2.24) is 10.6 Å². The average Bonchev–Trinajstić information content (AvgIpc) is 2.77. The van der Waals surface area contributed by atoms with E-state index in [4.69, 9.17) is 21.7 Å². The molecular weight excluding hydrogens is 316 g/mol. The van der Waals surface area contributed by atoms with Gasteiger partial charge in [-0.15, -0.1) is 0 Å². The predicted molar refractivity (Wildman–Crippen MR) is 89.9 cm³/mol. The molecule has 23 heavy (non-hydrogen) atoms. The minimum absolute atomic E-state index is 0.268. The van der Waals surface area contributed by atoms with E-state index in [-0.39, 0.29) is 17.0 Å². The first-order valence-electron chi connectivity index (χ1n) is 6.95. The van der Waals surface area contributed by atoms with Crippen LogP contribution < -0.4 is 20.1 Å². The molecule has 1 aliphatic heterocycles. The number of hydrogen-bond donors (Lipinski definition) is 2. The van der Waals surface area contributed by atoms with Gasteiger partial charge < -0.3 is 14.8 Å². The Labute approximate surface area is 139 Å². The van der Waals surface area contributed by atoms with Crippen molar-refractivity contribution in [2.75, 3.05) is 7.11 Å². The first kappa shape index (κ1) is 17.0. The van der Waals surface area contributed by atoms with Crippen LogP contribution in [0.4, 0.5) is 0 Å². The number of carbonyl (C=O) groups is 2. The average molecular weight is 334 g/mol. The van der Waals surface area contributed by atoms with Crippen LogP contribution in [0.15, 0.2) is 23.9 Å². The summed E-state index contributed by atoms with van der Waals surface area (Å²) in [5.74, 6) is 0.0770. The second kappa shape index (κ2) is 6.37. The Morgan fingerprint density at radius 3 is 2.43 bits per heavy atom. The summed E-state index contributed by atoms with van der Waals surface area (Å²) in [6.45, 7) is 5.32. The summed E-state index contributed by atoms with van der Waals surface area (Å²) in [6, 6.07) is 5.02. The normalized spacial score (nSPS) is 16.1. The third kappa shape index (κ3) is 4.07. The fraction of sp³-hybridized carbons (Fsp3) is 0.312. The maximum atomic E-state index is 12.0. The number of methoxy groups -OCH3 is 1. The van der Waals surface area contributed by atoms with Crippen LogP contribution in [-0.4, -0.2) is 24.1 Å². The molecule has 0 unspecified atom stereocenters. The monoisotopic (exact) mass is 334 g/mol. The molecule has 7 heteroatoms. The number of carbonyl (C=O) groups excluding carboxylic acids is 2. The fourth-order valence-electron chi connectivity index (χ4n) is 1.76. The van der Waals surface area contributed by atoms with Gasteiger partial charge in [-0.3, -0.25) is 14.9 Å². The molecule has 0 bridgehead atoms. The van der Waals surface area contributed by atoms with Gasteiger partial charge in [0.2, 0.25) is 0 Å². The largest absolute Gasteiger partial charge is 0.493 e. The number of hydrogen-bond acceptors (Lipinski definition) is 5.